The molecule has 0 radical (unpaired) electrons. The van der Waals surface area contributed by atoms with Crippen LogP contribution in [0, 0.1) is 0 Å². The number of benzene rings is 1. The van der Waals surface area contributed by atoms with Crippen LogP contribution in [0.25, 0.3) is 17.1 Å². The quantitative estimate of drug-likeness (QED) is 0.677. The smallest absolute Gasteiger partial charge is 0.304 e. The molecular weight excluding hydrogens is 348 g/mol. The Morgan fingerprint density at radius 2 is 2.00 bits per heavy atom. The van der Waals surface area contributed by atoms with Crippen LogP contribution in [-0.4, -0.2) is 36.6 Å². The Hall–Kier alpha value is -2.38. The van der Waals surface area contributed by atoms with E-state index in [1.807, 2.05) is 28.8 Å². The number of halogens is 1. The van der Waals surface area contributed by atoms with E-state index in [-0.39, 0.29) is 6.42 Å². The van der Waals surface area contributed by atoms with E-state index in [4.69, 9.17) is 16.7 Å². The normalized spacial score (nSPS) is 10.7. The lowest BCUT2D eigenvalue weighted by Crippen LogP contribution is -2.01. The van der Waals surface area contributed by atoms with Crippen LogP contribution in [0.2, 0.25) is 5.02 Å². The summed E-state index contributed by atoms with van der Waals surface area (Å²) in [7, 11) is 0. The van der Waals surface area contributed by atoms with E-state index in [0.29, 0.717) is 21.8 Å². The fourth-order valence-corrected chi connectivity index (χ4v) is 3.10. The van der Waals surface area contributed by atoms with Gasteiger partial charge in [0.25, 0.3) is 0 Å². The first-order valence-corrected chi connectivity index (χ1v) is 8.48. The van der Waals surface area contributed by atoms with Gasteiger partial charge in [-0.25, -0.2) is 0 Å². The molecular formula is C16H13ClN4O2S. The molecule has 0 spiro atoms. The highest BCUT2D eigenvalue weighted by atomic mass is 35.5. The van der Waals surface area contributed by atoms with Gasteiger partial charge >= 0.3 is 5.97 Å². The molecule has 0 bridgehead atoms. The van der Waals surface area contributed by atoms with E-state index < -0.39 is 5.97 Å². The van der Waals surface area contributed by atoms with Crippen molar-refractivity contribution in [1.82, 2.24) is 19.7 Å². The Bertz CT molecular complexity index is 837. The van der Waals surface area contributed by atoms with Gasteiger partial charge in [-0.05, 0) is 36.4 Å². The molecule has 6 nitrogen and oxygen atoms in total. The number of aliphatic carboxylic acids is 1. The molecule has 0 atom stereocenters. The topological polar surface area (TPSA) is 80.9 Å². The predicted molar refractivity (Wildman–Crippen MR) is 92.6 cm³/mol. The number of hydrogen-bond donors (Lipinski definition) is 1. The van der Waals surface area contributed by atoms with Gasteiger partial charge in [-0.2, -0.15) is 0 Å². The number of aromatic nitrogens is 4. The number of carboxylic acids is 1. The molecule has 122 valence electrons. The molecule has 1 N–H and O–H groups in total. The van der Waals surface area contributed by atoms with Gasteiger partial charge in [0.15, 0.2) is 11.0 Å². The number of rotatable bonds is 6. The summed E-state index contributed by atoms with van der Waals surface area (Å²) in [6, 6.07) is 11.0. The fourth-order valence-electron chi connectivity index (χ4n) is 2.10. The van der Waals surface area contributed by atoms with E-state index in [9.17, 15) is 4.79 Å². The summed E-state index contributed by atoms with van der Waals surface area (Å²) in [5.74, 6) is 0.212. The SMILES string of the molecule is O=C(O)CCSc1nnc(-c2cccnc2)n1-c1ccc(Cl)cc1. The van der Waals surface area contributed by atoms with E-state index in [2.05, 4.69) is 15.2 Å². The highest BCUT2D eigenvalue weighted by molar-refractivity contribution is 7.99. The first-order valence-electron chi connectivity index (χ1n) is 7.11. The first-order chi connectivity index (χ1) is 11.6. The van der Waals surface area contributed by atoms with Crippen LogP contribution in [0.4, 0.5) is 0 Å². The van der Waals surface area contributed by atoms with E-state index in [1.165, 1.54) is 11.8 Å². The van der Waals surface area contributed by atoms with Gasteiger partial charge in [-0.3, -0.25) is 14.3 Å². The number of nitrogens with zero attached hydrogens (tertiary/aromatic N) is 4. The molecule has 0 fully saturated rings. The van der Waals surface area contributed by atoms with Gasteiger partial charge in [-0.1, -0.05) is 23.4 Å². The summed E-state index contributed by atoms with van der Waals surface area (Å²) in [4.78, 5) is 14.8. The zero-order valence-electron chi connectivity index (χ0n) is 12.5. The number of pyridine rings is 1. The van der Waals surface area contributed by atoms with Crippen molar-refractivity contribution >= 4 is 29.3 Å². The van der Waals surface area contributed by atoms with Crippen molar-refractivity contribution in [3.63, 3.8) is 0 Å². The third-order valence-electron chi connectivity index (χ3n) is 3.19. The van der Waals surface area contributed by atoms with Crippen molar-refractivity contribution in [1.29, 1.82) is 0 Å². The number of carboxylic acid groups (broad SMARTS) is 1. The predicted octanol–water partition coefficient (Wildman–Crippen LogP) is 3.55. The molecule has 1 aromatic carbocycles. The maximum absolute atomic E-state index is 10.7. The molecule has 0 unspecified atom stereocenters. The molecule has 0 saturated heterocycles. The van der Waals surface area contributed by atoms with Crippen LogP contribution < -0.4 is 0 Å². The Morgan fingerprint density at radius 1 is 1.21 bits per heavy atom. The molecule has 24 heavy (non-hydrogen) atoms. The Balaban J connectivity index is 2.02. The van der Waals surface area contributed by atoms with Crippen molar-refractivity contribution in [3.8, 4) is 17.1 Å². The second-order valence-electron chi connectivity index (χ2n) is 4.85. The van der Waals surface area contributed by atoms with Crippen molar-refractivity contribution in [2.45, 2.75) is 11.6 Å². The zero-order valence-corrected chi connectivity index (χ0v) is 14.0. The summed E-state index contributed by atoms with van der Waals surface area (Å²) in [5, 5.41) is 18.5. The van der Waals surface area contributed by atoms with Gasteiger partial charge in [-0.15, -0.1) is 10.2 Å². The Labute approximate surface area is 147 Å². The average molecular weight is 361 g/mol. The molecule has 0 amide bonds. The summed E-state index contributed by atoms with van der Waals surface area (Å²) in [6.07, 6.45) is 3.46. The van der Waals surface area contributed by atoms with Crippen molar-refractivity contribution in [2.24, 2.45) is 0 Å². The lowest BCUT2D eigenvalue weighted by molar-refractivity contribution is -0.136. The minimum atomic E-state index is -0.840. The standard InChI is InChI=1S/C16H13ClN4O2S/c17-12-3-5-13(6-4-12)21-15(11-2-1-8-18-10-11)19-20-16(21)24-9-7-14(22)23/h1-6,8,10H,7,9H2,(H,22,23). The van der Waals surface area contributed by atoms with Crippen LogP contribution in [-0.2, 0) is 4.79 Å². The Kier molecular flexibility index (Phi) is 5.12. The highest BCUT2D eigenvalue weighted by Crippen LogP contribution is 2.28. The monoisotopic (exact) mass is 360 g/mol. The first kappa shape index (κ1) is 16.5. The summed E-state index contributed by atoms with van der Waals surface area (Å²) >= 11 is 7.31. The van der Waals surface area contributed by atoms with Crippen LogP contribution >= 0.6 is 23.4 Å². The van der Waals surface area contributed by atoms with Crippen LogP contribution in [0.5, 0.6) is 0 Å². The molecule has 2 heterocycles. The minimum Gasteiger partial charge on any atom is -0.481 e. The van der Waals surface area contributed by atoms with Crippen LogP contribution in [0.15, 0.2) is 53.9 Å². The maximum atomic E-state index is 10.7. The summed E-state index contributed by atoms with van der Waals surface area (Å²) in [5.41, 5.74) is 1.67. The lowest BCUT2D eigenvalue weighted by Gasteiger charge is -2.10. The van der Waals surface area contributed by atoms with Gasteiger partial charge in [0, 0.05) is 34.4 Å². The largest absolute Gasteiger partial charge is 0.481 e. The fraction of sp³-hybridized carbons (Fsp3) is 0.125. The number of hydrogen-bond acceptors (Lipinski definition) is 5. The second kappa shape index (κ2) is 7.46. The molecule has 0 aliphatic rings. The Morgan fingerprint density at radius 3 is 2.67 bits per heavy atom. The van der Waals surface area contributed by atoms with Gasteiger partial charge in [0.1, 0.15) is 0 Å². The molecule has 0 aliphatic carbocycles. The number of carbonyl (C=O) groups is 1. The highest BCUT2D eigenvalue weighted by Gasteiger charge is 2.16. The lowest BCUT2D eigenvalue weighted by atomic mass is 10.2. The third-order valence-corrected chi connectivity index (χ3v) is 4.37. The molecule has 3 rings (SSSR count). The van der Waals surface area contributed by atoms with Gasteiger partial charge in [0.05, 0.1) is 6.42 Å². The van der Waals surface area contributed by atoms with E-state index >= 15 is 0 Å². The second-order valence-corrected chi connectivity index (χ2v) is 6.35. The molecule has 2 aromatic heterocycles. The van der Waals surface area contributed by atoms with Crippen molar-refractivity contribution < 1.29 is 9.90 Å². The molecule has 3 aromatic rings. The number of thioether (sulfide) groups is 1. The van der Waals surface area contributed by atoms with Crippen molar-refractivity contribution in [3.05, 3.63) is 53.8 Å². The van der Waals surface area contributed by atoms with Gasteiger partial charge in [0.2, 0.25) is 0 Å². The van der Waals surface area contributed by atoms with Crippen LogP contribution in [0.1, 0.15) is 6.42 Å². The minimum absolute atomic E-state index is 0.0559. The molecule has 0 saturated carbocycles. The molecule has 8 heteroatoms. The summed E-state index contributed by atoms with van der Waals surface area (Å²) in [6.45, 7) is 0. The van der Waals surface area contributed by atoms with Crippen LogP contribution in [0.3, 0.4) is 0 Å². The van der Waals surface area contributed by atoms with E-state index in [1.54, 1.807) is 24.5 Å². The third kappa shape index (κ3) is 3.74. The van der Waals surface area contributed by atoms with E-state index in [0.717, 1.165) is 11.3 Å². The van der Waals surface area contributed by atoms with Gasteiger partial charge < -0.3 is 5.11 Å². The zero-order chi connectivity index (χ0) is 16.9. The molecule has 0 aliphatic heterocycles. The average Bonchev–Trinajstić information content (AvgIpc) is 3.00. The van der Waals surface area contributed by atoms with Crippen molar-refractivity contribution in [2.75, 3.05) is 5.75 Å². The maximum Gasteiger partial charge on any atom is 0.304 e. The summed E-state index contributed by atoms with van der Waals surface area (Å²) < 4.78 is 1.87.